The van der Waals surface area contributed by atoms with Crippen molar-refractivity contribution < 1.29 is 27.1 Å². The molecular formula is C22H17F4N5O2. The minimum atomic E-state index is -4.59. The Kier molecular flexibility index (Phi) is 5.18. The number of benzene rings is 1. The largest absolute Gasteiger partial charge is 0.471 e. The van der Waals surface area contributed by atoms with Gasteiger partial charge in [0.1, 0.15) is 11.9 Å². The second kappa shape index (κ2) is 8.05. The monoisotopic (exact) mass is 459 g/mol. The molecule has 0 unspecified atom stereocenters. The summed E-state index contributed by atoms with van der Waals surface area (Å²) in [7, 11) is 0. The zero-order chi connectivity index (χ0) is 23.2. The summed E-state index contributed by atoms with van der Waals surface area (Å²) in [6.45, 7) is 0.480. The molecule has 1 amide bonds. The maximum atomic E-state index is 14.0. The normalized spacial score (nSPS) is 21.9. The van der Waals surface area contributed by atoms with Gasteiger partial charge in [0, 0.05) is 24.5 Å². The fourth-order valence-corrected chi connectivity index (χ4v) is 4.49. The molecule has 5 rings (SSSR count). The molecule has 33 heavy (non-hydrogen) atoms. The molecule has 1 saturated heterocycles. The number of aromatic nitrogens is 4. The van der Waals surface area contributed by atoms with Gasteiger partial charge in [-0.15, -0.1) is 0 Å². The molecule has 3 atom stereocenters. The minimum absolute atomic E-state index is 0.0444. The SMILES string of the molecule is O=C(c1cc(F)ccc1-c1ncccn1)N1C[C@H]2C[C@@H](Oc3cnc(C(F)(F)F)cn3)[C@@H]1C2. The summed E-state index contributed by atoms with van der Waals surface area (Å²) in [5, 5.41) is 0. The molecule has 2 bridgehead atoms. The zero-order valence-corrected chi connectivity index (χ0v) is 17.0. The molecule has 0 N–H and O–H groups in total. The first-order valence-electron chi connectivity index (χ1n) is 10.2. The molecule has 2 fully saturated rings. The quantitative estimate of drug-likeness (QED) is 0.553. The number of nitrogens with zero attached hydrogens (tertiary/aromatic N) is 5. The van der Waals surface area contributed by atoms with E-state index >= 15 is 0 Å². The molecular weight excluding hydrogens is 442 g/mol. The number of halogens is 4. The molecule has 1 aliphatic heterocycles. The van der Waals surface area contributed by atoms with Crippen molar-refractivity contribution in [1.29, 1.82) is 0 Å². The summed E-state index contributed by atoms with van der Waals surface area (Å²) in [6, 6.07) is 5.20. The van der Waals surface area contributed by atoms with Crippen LogP contribution in [0.15, 0.2) is 49.1 Å². The summed E-state index contributed by atoms with van der Waals surface area (Å²) < 4.78 is 58.0. The van der Waals surface area contributed by atoms with Gasteiger partial charge in [-0.1, -0.05) is 0 Å². The van der Waals surface area contributed by atoms with Gasteiger partial charge in [-0.2, -0.15) is 13.2 Å². The van der Waals surface area contributed by atoms with Crippen LogP contribution in [0.2, 0.25) is 0 Å². The van der Waals surface area contributed by atoms with Gasteiger partial charge in [-0.25, -0.2) is 24.3 Å². The summed E-state index contributed by atoms with van der Waals surface area (Å²) >= 11 is 0. The first-order valence-corrected chi connectivity index (χ1v) is 10.2. The van der Waals surface area contributed by atoms with Crippen LogP contribution in [0, 0.1) is 11.7 Å². The van der Waals surface area contributed by atoms with E-state index in [1.54, 1.807) is 11.0 Å². The van der Waals surface area contributed by atoms with Crippen molar-refractivity contribution in [2.75, 3.05) is 6.54 Å². The van der Waals surface area contributed by atoms with Crippen molar-refractivity contribution in [3.8, 4) is 17.3 Å². The van der Waals surface area contributed by atoms with Crippen molar-refractivity contribution in [1.82, 2.24) is 24.8 Å². The number of ether oxygens (including phenoxy) is 1. The van der Waals surface area contributed by atoms with Crippen LogP contribution >= 0.6 is 0 Å². The molecule has 0 radical (unpaired) electrons. The minimum Gasteiger partial charge on any atom is -0.471 e. The lowest BCUT2D eigenvalue weighted by atomic mass is 10.0. The fourth-order valence-electron chi connectivity index (χ4n) is 4.49. The van der Waals surface area contributed by atoms with Gasteiger partial charge in [0.25, 0.3) is 5.91 Å². The molecule has 3 heterocycles. The number of hydrogen-bond acceptors (Lipinski definition) is 6. The second-order valence-corrected chi connectivity index (χ2v) is 8.02. The predicted octanol–water partition coefficient (Wildman–Crippen LogP) is 3.77. The Morgan fingerprint density at radius 1 is 1.06 bits per heavy atom. The van der Waals surface area contributed by atoms with E-state index in [1.807, 2.05) is 0 Å². The lowest BCUT2D eigenvalue weighted by Gasteiger charge is -2.33. The van der Waals surface area contributed by atoms with Gasteiger partial charge in [0.05, 0.1) is 24.0 Å². The Labute approximate surface area is 185 Å². The lowest BCUT2D eigenvalue weighted by Crippen LogP contribution is -2.47. The number of likely N-dealkylation sites (tertiary alicyclic amines) is 1. The highest BCUT2D eigenvalue weighted by atomic mass is 19.4. The third-order valence-electron chi connectivity index (χ3n) is 5.90. The van der Waals surface area contributed by atoms with Crippen LogP contribution < -0.4 is 4.74 Å². The molecule has 2 aromatic heterocycles. The highest BCUT2D eigenvalue weighted by Crippen LogP contribution is 2.41. The van der Waals surface area contributed by atoms with Crippen molar-refractivity contribution in [2.24, 2.45) is 5.92 Å². The smallest absolute Gasteiger partial charge is 0.434 e. The molecule has 7 nitrogen and oxygen atoms in total. The van der Waals surface area contributed by atoms with Crippen molar-refractivity contribution in [3.63, 3.8) is 0 Å². The molecule has 2 aliphatic rings. The number of carbonyl (C=O) groups is 1. The Balaban J connectivity index is 1.37. The van der Waals surface area contributed by atoms with Gasteiger partial charge in [-0.05, 0) is 43.0 Å². The van der Waals surface area contributed by atoms with Gasteiger partial charge in [-0.3, -0.25) is 4.79 Å². The number of alkyl halides is 3. The Morgan fingerprint density at radius 2 is 1.85 bits per heavy atom. The van der Waals surface area contributed by atoms with Crippen LogP contribution in [-0.2, 0) is 6.18 Å². The Hall–Kier alpha value is -3.63. The molecule has 11 heteroatoms. The first kappa shape index (κ1) is 21.2. The van der Waals surface area contributed by atoms with Gasteiger partial charge >= 0.3 is 6.18 Å². The van der Waals surface area contributed by atoms with Crippen molar-refractivity contribution >= 4 is 5.91 Å². The van der Waals surface area contributed by atoms with E-state index in [2.05, 4.69) is 19.9 Å². The van der Waals surface area contributed by atoms with E-state index in [-0.39, 0.29) is 29.3 Å². The van der Waals surface area contributed by atoms with E-state index in [0.717, 1.165) is 12.3 Å². The van der Waals surface area contributed by atoms with Crippen LogP contribution in [0.3, 0.4) is 0 Å². The number of carbonyl (C=O) groups excluding carboxylic acids is 1. The van der Waals surface area contributed by atoms with Crippen LogP contribution in [0.25, 0.3) is 11.4 Å². The van der Waals surface area contributed by atoms with Crippen molar-refractivity contribution in [3.05, 3.63) is 66.1 Å². The van der Waals surface area contributed by atoms with Crippen LogP contribution in [0.5, 0.6) is 5.88 Å². The number of hydrogen-bond donors (Lipinski definition) is 0. The highest BCUT2D eigenvalue weighted by molar-refractivity contribution is 6.00. The molecule has 3 aromatic rings. The van der Waals surface area contributed by atoms with Gasteiger partial charge in [0.15, 0.2) is 11.5 Å². The lowest BCUT2D eigenvalue weighted by molar-refractivity contribution is -0.141. The maximum absolute atomic E-state index is 14.0. The number of rotatable bonds is 4. The van der Waals surface area contributed by atoms with Crippen LogP contribution in [0.1, 0.15) is 28.9 Å². The third-order valence-corrected chi connectivity index (χ3v) is 5.90. The fraction of sp³-hybridized carbons (Fsp3) is 0.318. The Morgan fingerprint density at radius 3 is 2.52 bits per heavy atom. The molecule has 1 saturated carbocycles. The van der Waals surface area contributed by atoms with Crippen molar-refractivity contribution in [2.45, 2.75) is 31.2 Å². The van der Waals surface area contributed by atoms with Gasteiger partial charge < -0.3 is 9.64 Å². The molecule has 1 aliphatic carbocycles. The van der Waals surface area contributed by atoms with E-state index < -0.39 is 23.8 Å². The number of fused-ring (bicyclic) bond motifs is 2. The van der Waals surface area contributed by atoms with Crippen LogP contribution in [-0.4, -0.2) is 49.4 Å². The summed E-state index contributed by atoms with van der Waals surface area (Å²) in [5.41, 5.74) is -0.556. The molecule has 0 spiro atoms. The topological polar surface area (TPSA) is 81.1 Å². The first-order chi connectivity index (χ1) is 15.8. The maximum Gasteiger partial charge on any atom is 0.434 e. The van der Waals surface area contributed by atoms with E-state index in [9.17, 15) is 22.4 Å². The predicted molar refractivity (Wildman–Crippen MR) is 106 cm³/mol. The molecule has 1 aromatic carbocycles. The number of piperidine rings is 1. The highest BCUT2D eigenvalue weighted by Gasteiger charge is 2.49. The third kappa shape index (κ3) is 4.10. The number of amides is 1. The second-order valence-electron chi connectivity index (χ2n) is 8.02. The summed E-state index contributed by atoms with van der Waals surface area (Å²) in [5.74, 6) is -0.516. The zero-order valence-electron chi connectivity index (χ0n) is 17.0. The summed E-state index contributed by atoms with van der Waals surface area (Å²) in [6.07, 6.45) is 0.879. The standard InChI is InChI=1S/C22H17F4N5O2/c23-13-2-3-14(20-27-4-1-5-28-20)15(8-13)21(32)31-11-12-6-16(31)17(7-12)33-19-10-29-18(9-30-19)22(24,25)26/h1-5,8-10,12,16-17H,6-7,11H2/t12-,16+,17-/m1/s1. The van der Waals surface area contributed by atoms with Crippen LogP contribution in [0.4, 0.5) is 17.6 Å². The molecule has 170 valence electrons. The summed E-state index contributed by atoms with van der Waals surface area (Å²) in [4.78, 5) is 30.5. The average Bonchev–Trinajstić information content (AvgIpc) is 3.39. The van der Waals surface area contributed by atoms with E-state index in [0.29, 0.717) is 37.0 Å². The van der Waals surface area contributed by atoms with E-state index in [4.69, 9.17) is 4.74 Å². The van der Waals surface area contributed by atoms with Gasteiger partial charge in [0.2, 0.25) is 5.88 Å². The Bertz CT molecular complexity index is 1170. The average molecular weight is 459 g/mol. The van der Waals surface area contributed by atoms with E-state index in [1.165, 1.54) is 24.5 Å².